The highest BCUT2D eigenvalue weighted by atomic mass is 19.1. The van der Waals surface area contributed by atoms with E-state index < -0.39 is 0 Å². The molecule has 0 aliphatic rings. The van der Waals surface area contributed by atoms with Crippen molar-refractivity contribution in [2.45, 2.75) is 6.61 Å². The number of rotatable bonds is 6. The summed E-state index contributed by atoms with van der Waals surface area (Å²) in [5.74, 6) is 0.106. The van der Waals surface area contributed by atoms with Crippen LogP contribution in [0.4, 0.5) is 4.39 Å². The minimum Gasteiger partial charge on any atom is -0.492 e. The average Bonchev–Trinajstić information content (AvgIpc) is 2.42. The SMILES string of the molecule is [B]c1cc(F)ccc1OCCOCc1ccccc1. The average molecular weight is 256 g/mol. The lowest BCUT2D eigenvalue weighted by molar-refractivity contribution is 0.0892. The monoisotopic (exact) mass is 256 g/mol. The molecule has 0 aliphatic heterocycles. The number of hydrogen-bond donors (Lipinski definition) is 0. The zero-order valence-corrected chi connectivity index (χ0v) is 10.5. The smallest absolute Gasteiger partial charge is 0.122 e. The highest BCUT2D eigenvalue weighted by Crippen LogP contribution is 2.07. The van der Waals surface area contributed by atoms with E-state index in [4.69, 9.17) is 17.3 Å². The zero-order valence-electron chi connectivity index (χ0n) is 10.5. The van der Waals surface area contributed by atoms with Gasteiger partial charge in [-0.3, -0.25) is 0 Å². The Morgan fingerprint density at radius 2 is 1.79 bits per heavy atom. The molecular formula is C15H14BFO2. The van der Waals surface area contributed by atoms with Crippen molar-refractivity contribution in [2.75, 3.05) is 13.2 Å². The van der Waals surface area contributed by atoms with E-state index in [0.29, 0.717) is 31.0 Å². The summed E-state index contributed by atoms with van der Waals surface area (Å²) in [6.45, 7) is 1.37. The molecule has 2 radical (unpaired) electrons. The third-order valence-corrected chi connectivity index (χ3v) is 2.57. The Hall–Kier alpha value is -1.81. The lowest BCUT2D eigenvalue weighted by atomic mass is 9.95. The van der Waals surface area contributed by atoms with Gasteiger partial charge in [0.25, 0.3) is 0 Å². The predicted molar refractivity (Wildman–Crippen MR) is 73.4 cm³/mol. The van der Waals surface area contributed by atoms with E-state index in [0.717, 1.165) is 5.56 Å². The van der Waals surface area contributed by atoms with E-state index in [-0.39, 0.29) is 5.82 Å². The standard InChI is InChI=1S/C15H14BFO2/c16-14-10-13(17)6-7-15(14)19-9-8-18-11-12-4-2-1-3-5-12/h1-7,10H,8-9,11H2. The van der Waals surface area contributed by atoms with Crippen LogP contribution in [0.2, 0.25) is 0 Å². The van der Waals surface area contributed by atoms with E-state index in [1.807, 2.05) is 30.3 Å². The summed E-state index contributed by atoms with van der Waals surface area (Å²) in [5.41, 5.74) is 1.41. The number of hydrogen-bond acceptors (Lipinski definition) is 2. The Kier molecular flexibility index (Phi) is 4.98. The molecule has 0 fully saturated rings. The van der Waals surface area contributed by atoms with E-state index in [1.165, 1.54) is 18.2 Å². The first kappa shape index (κ1) is 13.6. The van der Waals surface area contributed by atoms with Crippen molar-refractivity contribution in [3.05, 3.63) is 59.9 Å². The van der Waals surface area contributed by atoms with Crippen LogP contribution < -0.4 is 10.2 Å². The summed E-state index contributed by atoms with van der Waals surface area (Å²) in [6, 6.07) is 14.0. The second-order valence-electron chi connectivity index (χ2n) is 4.07. The highest BCUT2D eigenvalue weighted by Gasteiger charge is 2.00. The van der Waals surface area contributed by atoms with Gasteiger partial charge >= 0.3 is 0 Å². The molecule has 0 saturated heterocycles. The molecule has 2 aromatic carbocycles. The minimum absolute atomic E-state index is 0.294. The van der Waals surface area contributed by atoms with Crippen LogP contribution in [0.3, 0.4) is 0 Å². The third kappa shape index (κ3) is 4.41. The van der Waals surface area contributed by atoms with Crippen molar-refractivity contribution in [3.63, 3.8) is 0 Å². The van der Waals surface area contributed by atoms with E-state index in [1.54, 1.807) is 0 Å². The summed E-state index contributed by atoms with van der Waals surface area (Å²) in [5, 5.41) is 0. The van der Waals surface area contributed by atoms with Crippen molar-refractivity contribution >= 4 is 13.3 Å². The van der Waals surface area contributed by atoms with E-state index >= 15 is 0 Å². The number of halogens is 1. The summed E-state index contributed by atoms with van der Waals surface area (Å²) in [6.07, 6.45) is 0. The summed E-state index contributed by atoms with van der Waals surface area (Å²) in [7, 11) is 5.62. The fourth-order valence-electron chi connectivity index (χ4n) is 1.63. The summed E-state index contributed by atoms with van der Waals surface area (Å²) < 4.78 is 23.7. The van der Waals surface area contributed by atoms with Crippen molar-refractivity contribution < 1.29 is 13.9 Å². The molecule has 2 rings (SSSR count). The van der Waals surface area contributed by atoms with Crippen LogP contribution in [0.1, 0.15) is 5.56 Å². The molecule has 2 nitrogen and oxygen atoms in total. The maximum atomic E-state index is 12.8. The van der Waals surface area contributed by atoms with Gasteiger partial charge < -0.3 is 9.47 Å². The van der Waals surface area contributed by atoms with Gasteiger partial charge in [0.05, 0.1) is 13.2 Å². The molecule has 0 unspecified atom stereocenters. The molecule has 0 N–H and O–H groups in total. The summed E-state index contributed by atoms with van der Waals surface area (Å²) in [4.78, 5) is 0. The van der Waals surface area contributed by atoms with Crippen molar-refractivity contribution in [2.24, 2.45) is 0 Å². The van der Waals surface area contributed by atoms with Crippen molar-refractivity contribution in [1.29, 1.82) is 0 Å². The molecule has 2 aromatic rings. The second-order valence-corrected chi connectivity index (χ2v) is 4.07. The molecule has 19 heavy (non-hydrogen) atoms. The fraction of sp³-hybridized carbons (Fsp3) is 0.200. The van der Waals surface area contributed by atoms with E-state index in [2.05, 4.69) is 0 Å². The van der Waals surface area contributed by atoms with Crippen LogP contribution in [0.15, 0.2) is 48.5 Å². The zero-order chi connectivity index (χ0) is 13.5. The maximum absolute atomic E-state index is 12.8. The molecule has 0 bridgehead atoms. The quantitative estimate of drug-likeness (QED) is 0.582. The first-order chi connectivity index (χ1) is 9.25. The van der Waals surface area contributed by atoms with Crippen molar-refractivity contribution in [1.82, 2.24) is 0 Å². The normalized spacial score (nSPS) is 10.4. The molecule has 0 aliphatic carbocycles. The first-order valence-corrected chi connectivity index (χ1v) is 6.05. The molecule has 96 valence electrons. The van der Waals surface area contributed by atoms with Gasteiger partial charge in [0.15, 0.2) is 0 Å². The number of benzene rings is 2. The molecular weight excluding hydrogens is 242 g/mol. The maximum Gasteiger partial charge on any atom is 0.122 e. The largest absolute Gasteiger partial charge is 0.492 e. The van der Waals surface area contributed by atoms with Crippen LogP contribution in [0.25, 0.3) is 0 Å². The lowest BCUT2D eigenvalue weighted by Gasteiger charge is -2.10. The van der Waals surface area contributed by atoms with Crippen LogP contribution in [0.5, 0.6) is 5.75 Å². The van der Waals surface area contributed by atoms with Gasteiger partial charge in [0, 0.05) is 0 Å². The molecule has 0 amide bonds. The first-order valence-electron chi connectivity index (χ1n) is 6.05. The minimum atomic E-state index is -0.370. The number of ether oxygens (including phenoxy) is 2. The molecule has 0 heterocycles. The Morgan fingerprint density at radius 3 is 2.53 bits per heavy atom. The van der Waals surface area contributed by atoms with Gasteiger partial charge in [-0.05, 0) is 23.8 Å². The molecule has 0 saturated carbocycles. The predicted octanol–water partition coefficient (Wildman–Crippen LogP) is 2.22. The van der Waals surface area contributed by atoms with Crippen LogP contribution in [-0.4, -0.2) is 21.1 Å². The molecule has 0 aromatic heterocycles. The van der Waals surface area contributed by atoms with Gasteiger partial charge in [-0.1, -0.05) is 35.8 Å². The van der Waals surface area contributed by atoms with E-state index in [9.17, 15) is 4.39 Å². The van der Waals surface area contributed by atoms with Gasteiger partial charge in [-0.2, -0.15) is 0 Å². The van der Waals surface area contributed by atoms with Crippen molar-refractivity contribution in [3.8, 4) is 5.75 Å². The van der Waals surface area contributed by atoms with Gasteiger partial charge in [0.1, 0.15) is 26.0 Å². The molecule has 0 atom stereocenters. The lowest BCUT2D eigenvalue weighted by Crippen LogP contribution is -2.13. The molecule has 4 heteroatoms. The van der Waals surface area contributed by atoms with Crippen LogP contribution in [-0.2, 0) is 11.3 Å². The third-order valence-electron chi connectivity index (χ3n) is 2.57. The van der Waals surface area contributed by atoms with Gasteiger partial charge in [-0.15, -0.1) is 0 Å². The fourth-order valence-corrected chi connectivity index (χ4v) is 1.63. The molecule has 0 spiro atoms. The Bertz CT molecular complexity index is 517. The highest BCUT2D eigenvalue weighted by molar-refractivity contribution is 6.34. The summed E-state index contributed by atoms with van der Waals surface area (Å²) >= 11 is 0. The van der Waals surface area contributed by atoms with Crippen LogP contribution >= 0.6 is 0 Å². The van der Waals surface area contributed by atoms with Crippen LogP contribution in [0, 0.1) is 5.82 Å². The Balaban J connectivity index is 1.69. The van der Waals surface area contributed by atoms with Gasteiger partial charge in [0.2, 0.25) is 0 Å². The topological polar surface area (TPSA) is 18.5 Å². The Morgan fingerprint density at radius 1 is 1.00 bits per heavy atom. The second kappa shape index (κ2) is 6.95. The van der Waals surface area contributed by atoms with Gasteiger partial charge in [-0.25, -0.2) is 4.39 Å². The Labute approximate surface area is 113 Å².